The Morgan fingerprint density at radius 2 is 1.80 bits per heavy atom. The third-order valence-electron chi connectivity index (χ3n) is 7.25. The highest BCUT2D eigenvalue weighted by Gasteiger charge is 2.64. The van der Waals surface area contributed by atoms with Crippen LogP contribution in [0.3, 0.4) is 0 Å². The van der Waals surface area contributed by atoms with E-state index in [0.717, 1.165) is 21.6 Å². The number of sulfonamides is 1. The van der Waals surface area contributed by atoms with Crippen molar-refractivity contribution >= 4 is 68.1 Å². The van der Waals surface area contributed by atoms with Gasteiger partial charge in [0.2, 0.25) is 10.0 Å². The predicted octanol–water partition coefficient (Wildman–Crippen LogP) is 4.05. The minimum Gasteiger partial charge on any atom is -0.310 e. The molecule has 3 aromatic rings. The lowest BCUT2D eigenvalue weighted by Crippen LogP contribution is -2.53. The molecule has 41 heavy (non-hydrogen) atoms. The maximum atomic E-state index is 14.3. The van der Waals surface area contributed by atoms with Gasteiger partial charge in [0.25, 0.3) is 11.8 Å². The van der Waals surface area contributed by atoms with E-state index in [1.807, 2.05) is 9.62 Å². The molecule has 2 fully saturated rings. The Hall–Kier alpha value is -3.47. The summed E-state index contributed by atoms with van der Waals surface area (Å²) in [6.07, 6.45) is 0.905. The van der Waals surface area contributed by atoms with Gasteiger partial charge in [0.05, 0.1) is 29.1 Å². The first-order valence-electron chi connectivity index (χ1n) is 12.2. The second kappa shape index (κ2) is 10.7. The number of carbonyl (C=O) groups excluding carboxylic acids is 3. The molecular formula is C27H23Cl2N5O5S2. The first kappa shape index (κ1) is 29.0. The molecule has 0 bridgehead atoms. The topological polar surface area (TPSA) is 131 Å². The summed E-state index contributed by atoms with van der Waals surface area (Å²) in [6.45, 7) is 0.929. The van der Waals surface area contributed by atoms with E-state index in [-0.39, 0.29) is 27.8 Å². The number of imide groups is 1. The van der Waals surface area contributed by atoms with E-state index in [1.54, 1.807) is 42.8 Å². The zero-order valence-corrected chi connectivity index (χ0v) is 24.9. The largest absolute Gasteiger partial charge is 0.332 e. The molecule has 2 aliphatic heterocycles. The molecule has 2 atom stereocenters. The van der Waals surface area contributed by atoms with Crippen molar-refractivity contribution in [3.8, 4) is 6.07 Å². The van der Waals surface area contributed by atoms with Crippen LogP contribution < -0.4 is 9.62 Å². The summed E-state index contributed by atoms with van der Waals surface area (Å²) in [7, 11) is -2.13. The number of nitrogens with zero attached hydrogens (tertiary/aromatic N) is 4. The first-order valence-corrected chi connectivity index (χ1v) is 15.8. The number of anilines is 1. The second-order valence-electron chi connectivity index (χ2n) is 10.00. The van der Waals surface area contributed by atoms with E-state index in [2.05, 4.69) is 6.07 Å². The Morgan fingerprint density at radius 3 is 2.41 bits per heavy atom. The molecule has 2 aromatic carbocycles. The van der Waals surface area contributed by atoms with E-state index < -0.39 is 39.3 Å². The fourth-order valence-electron chi connectivity index (χ4n) is 5.44. The number of rotatable bonds is 6. The third-order valence-corrected chi connectivity index (χ3v) is 9.17. The molecule has 2 saturated heterocycles. The van der Waals surface area contributed by atoms with Gasteiger partial charge in [-0.2, -0.15) is 5.26 Å². The van der Waals surface area contributed by atoms with E-state index in [0.29, 0.717) is 18.7 Å². The van der Waals surface area contributed by atoms with Gasteiger partial charge in [-0.05, 0) is 42.0 Å². The molecule has 1 aromatic heterocycles. The molecule has 5 rings (SSSR count). The van der Waals surface area contributed by atoms with Crippen LogP contribution in [0.15, 0.2) is 53.9 Å². The van der Waals surface area contributed by atoms with Crippen molar-refractivity contribution in [2.24, 2.45) is 0 Å². The Morgan fingerprint density at radius 1 is 1.15 bits per heavy atom. The molecule has 14 heteroatoms. The Kier molecular flexibility index (Phi) is 7.61. The van der Waals surface area contributed by atoms with E-state index in [4.69, 9.17) is 23.2 Å². The van der Waals surface area contributed by atoms with Crippen LogP contribution in [0.25, 0.3) is 0 Å². The van der Waals surface area contributed by atoms with Crippen LogP contribution in [0, 0.1) is 11.3 Å². The molecule has 0 radical (unpaired) electrons. The summed E-state index contributed by atoms with van der Waals surface area (Å²) in [4.78, 5) is 45.6. The fourth-order valence-corrected chi connectivity index (χ4v) is 7.32. The Bertz CT molecular complexity index is 1700. The van der Waals surface area contributed by atoms with Crippen LogP contribution >= 0.6 is 34.5 Å². The Labute approximate surface area is 250 Å². The molecular weight excluding hydrogens is 609 g/mol. The average Bonchev–Trinajstić information content (AvgIpc) is 3.56. The number of amides is 4. The monoisotopic (exact) mass is 631 g/mol. The summed E-state index contributed by atoms with van der Waals surface area (Å²) < 4.78 is 24.9. The number of carbonyl (C=O) groups is 3. The van der Waals surface area contributed by atoms with Gasteiger partial charge >= 0.3 is 6.03 Å². The summed E-state index contributed by atoms with van der Waals surface area (Å²) in [5, 5.41) is 11.4. The number of likely N-dealkylation sites (N-methyl/N-ethyl adjacent to an activating group) is 1. The number of nitrogens with one attached hydrogen (secondary N) is 1. The number of hydrogen-bond acceptors (Lipinski definition) is 8. The number of urea groups is 1. The molecule has 4 amide bonds. The maximum Gasteiger partial charge on any atom is 0.332 e. The lowest BCUT2D eigenvalue weighted by Gasteiger charge is -2.34. The molecule has 2 aliphatic rings. The number of halogens is 2. The number of likely N-dealkylation sites (tertiary alicyclic amines) is 1. The van der Waals surface area contributed by atoms with Crippen molar-refractivity contribution in [3.05, 3.63) is 85.5 Å². The van der Waals surface area contributed by atoms with E-state index in [1.165, 1.54) is 34.4 Å². The molecule has 10 nitrogen and oxygen atoms in total. The quantitative estimate of drug-likeness (QED) is 0.406. The highest BCUT2D eigenvalue weighted by molar-refractivity contribution is 7.89. The molecule has 1 spiro atoms. The lowest BCUT2D eigenvalue weighted by molar-refractivity contribution is -0.124. The number of hydrogen-bond donors (Lipinski definition) is 1. The normalized spacial score (nSPS) is 21.1. The molecule has 0 unspecified atom stereocenters. The summed E-state index contributed by atoms with van der Waals surface area (Å²) in [6, 6.07) is 14.6. The predicted molar refractivity (Wildman–Crippen MR) is 156 cm³/mol. The van der Waals surface area contributed by atoms with Gasteiger partial charge < -0.3 is 4.90 Å². The van der Waals surface area contributed by atoms with Gasteiger partial charge in [0.15, 0.2) is 0 Å². The number of thiophene rings is 1. The smallest absolute Gasteiger partial charge is 0.310 e. The number of nitriles is 1. The van der Waals surface area contributed by atoms with Crippen molar-refractivity contribution in [2.75, 3.05) is 31.3 Å². The second-order valence-corrected chi connectivity index (χ2v) is 13.6. The van der Waals surface area contributed by atoms with Crippen LogP contribution in [-0.4, -0.2) is 68.0 Å². The van der Waals surface area contributed by atoms with Crippen molar-refractivity contribution in [1.82, 2.24) is 14.5 Å². The van der Waals surface area contributed by atoms with Crippen molar-refractivity contribution < 1.29 is 22.8 Å². The van der Waals surface area contributed by atoms with Gasteiger partial charge in [-0.3, -0.25) is 14.5 Å². The molecule has 0 aliphatic carbocycles. The van der Waals surface area contributed by atoms with Gasteiger partial charge in [0.1, 0.15) is 5.54 Å². The molecule has 0 saturated carbocycles. The van der Waals surface area contributed by atoms with Crippen molar-refractivity contribution in [3.63, 3.8) is 0 Å². The molecule has 1 N–H and O–H groups in total. The van der Waals surface area contributed by atoms with Crippen LogP contribution in [0.5, 0.6) is 0 Å². The first-order chi connectivity index (χ1) is 19.3. The lowest BCUT2D eigenvalue weighted by atomic mass is 9.80. The zero-order valence-electron chi connectivity index (χ0n) is 21.8. The minimum atomic E-state index is -3.72. The highest BCUT2D eigenvalue weighted by Crippen LogP contribution is 2.47. The maximum absolute atomic E-state index is 14.3. The van der Waals surface area contributed by atoms with E-state index >= 15 is 0 Å². The molecule has 212 valence electrons. The third kappa shape index (κ3) is 5.43. The summed E-state index contributed by atoms with van der Waals surface area (Å²) in [5.74, 6) is -1.61. The minimum absolute atomic E-state index is 0.187. The molecule has 3 heterocycles. The van der Waals surface area contributed by atoms with Crippen LogP contribution in [0.4, 0.5) is 10.5 Å². The van der Waals surface area contributed by atoms with Crippen molar-refractivity contribution in [2.45, 2.75) is 18.0 Å². The van der Waals surface area contributed by atoms with Crippen LogP contribution in [0.1, 0.15) is 32.3 Å². The van der Waals surface area contributed by atoms with E-state index in [9.17, 15) is 28.1 Å². The Balaban J connectivity index is 1.51. The summed E-state index contributed by atoms with van der Waals surface area (Å²) >= 11 is 13.7. The standard InChI is InChI=1S/C27H23Cl2N5O5S2/c1-32-26(37)34(21-9-19(28)8-20(29)10-21)25(36)27(32)15-33(13-23(27)17-5-3-16(11-30)4-6-17)12-22-7-18(14-40-22)24(35)31-41(2,38)39/h3-10,14,23H,12-13,15H2,1-2H3,(H,31,35)/t23-,27-/m1/s1. The SMILES string of the molecule is CN1C(=O)N(c2cc(Cl)cc(Cl)c2)C(=O)[C@]12CN(Cc1cc(C(=O)NS(C)(=O)=O)cs1)C[C@@H]2c1ccc(C#N)cc1. The van der Waals surface area contributed by atoms with Crippen molar-refractivity contribution in [1.29, 1.82) is 5.26 Å². The van der Waals surface area contributed by atoms with Gasteiger partial charge in [-0.15, -0.1) is 11.3 Å². The fraction of sp³-hybridized carbons (Fsp3) is 0.259. The van der Waals surface area contributed by atoms with Gasteiger partial charge in [-0.1, -0.05) is 35.3 Å². The van der Waals surface area contributed by atoms with Crippen LogP contribution in [0.2, 0.25) is 10.0 Å². The van der Waals surface area contributed by atoms with Gasteiger partial charge in [-0.25, -0.2) is 22.8 Å². The summed E-state index contributed by atoms with van der Waals surface area (Å²) in [5.41, 5.74) is 0.436. The van der Waals surface area contributed by atoms with Gasteiger partial charge in [0, 0.05) is 52.9 Å². The zero-order chi connectivity index (χ0) is 29.7. The number of benzene rings is 2. The average molecular weight is 633 g/mol. The van der Waals surface area contributed by atoms with Crippen LogP contribution in [-0.2, 0) is 21.4 Å². The highest BCUT2D eigenvalue weighted by atomic mass is 35.5.